The van der Waals surface area contributed by atoms with Crippen LogP contribution >= 0.6 is 0 Å². The molecule has 0 bridgehead atoms. The van der Waals surface area contributed by atoms with Crippen LogP contribution in [0.2, 0.25) is 0 Å². The molecule has 21 heavy (non-hydrogen) atoms. The van der Waals surface area contributed by atoms with Gasteiger partial charge in [0.2, 0.25) is 0 Å². The van der Waals surface area contributed by atoms with Crippen molar-refractivity contribution in [3.8, 4) is 11.5 Å². The number of nitrogens with one attached hydrogen (secondary N) is 1. The molecule has 0 radical (unpaired) electrons. The second-order valence-electron chi connectivity index (χ2n) is 4.95. The van der Waals surface area contributed by atoms with Crippen LogP contribution in [0, 0.1) is 0 Å². The highest BCUT2D eigenvalue weighted by Crippen LogP contribution is 2.31. The summed E-state index contributed by atoms with van der Waals surface area (Å²) < 4.78 is 10.8. The molecule has 1 N–H and O–H groups in total. The van der Waals surface area contributed by atoms with Crippen LogP contribution in [0.4, 0.5) is 5.69 Å². The van der Waals surface area contributed by atoms with E-state index in [9.17, 15) is 0 Å². The van der Waals surface area contributed by atoms with Gasteiger partial charge in [-0.15, -0.1) is 0 Å². The molecule has 0 heterocycles. The number of ether oxygens (including phenoxy) is 2. The molecule has 0 atom stereocenters. The molecule has 0 aliphatic carbocycles. The molecule has 0 saturated carbocycles. The number of methoxy groups -OCH3 is 2. The molecule has 0 fully saturated rings. The molecule has 2 aromatic rings. The summed E-state index contributed by atoms with van der Waals surface area (Å²) in [6, 6.07) is 14.5. The van der Waals surface area contributed by atoms with Crippen molar-refractivity contribution in [2.75, 3.05) is 19.5 Å². The molecule has 0 unspecified atom stereocenters. The molecule has 0 aromatic heterocycles. The number of hydrogen-bond acceptors (Lipinski definition) is 3. The third kappa shape index (κ3) is 3.91. The standard InChI is InChI=1S/C18H23NO2/c1-4-6-14-9-11-16(12-10-14)19-13-15-7-5-8-17(20-2)18(15)21-3/h5,7-12,19H,4,6,13H2,1-3H3. The van der Waals surface area contributed by atoms with Crippen LogP contribution in [0.5, 0.6) is 11.5 Å². The SMILES string of the molecule is CCCc1ccc(NCc2cccc(OC)c2OC)cc1. The molecule has 0 saturated heterocycles. The van der Waals surface area contributed by atoms with Gasteiger partial charge in [0.15, 0.2) is 11.5 Å². The second-order valence-corrected chi connectivity index (χ2v) is 4.95. The number of aryl methyl sites for hydroxylation is 1. The van der Waals surface area contributed by atoms with Gasteiger partial charge in [-0.3, -0.25) is 0 Å². The summed E-state index contributed by atoms with van der Waals surface area (Å²) in [4.78, 5) is 0. The first-order valence-corrected chi connectivity index (χ1v) is 7.31. The maximum absolute atomic E-state index is 5.44. The fraction of sp³-hybridized carbons (Fsp3) is 0.333. The lowest BCUT2D eigenvalue weighted by Crippen LogP contribution is -2.03. The predicted octanol–water partition coefficient (Wildman–Crippen LogP) is 4.27. The Morgan fingerprint density at radius 2 is 1.71 bits per heavy atom. The summed E-state index contributed by atoms with van der Waals surface area (Å²) in [5.41, 5.74) is 3.57. The molecule has 0 aliphatic heterocycles. The Bertz CT molecular complexity index is 564. The lowest BCUT2D eigenvalue weighted by atomic mass is 10.1. The van der Waals surface area contributed by atoms with Crippen molar-refractivity contribution in [1.29, 1.82) is 0 Å². The minimum absolute atomic E-state index is 0.702. The molecule has 2 aromatic carbocycles. The zero-order valence-corrected chi connectivity index (χ0v) is 13.0. The zero-order chi connectivity index (χ0) is 15.1. The van der Waals surface area contributed by atoms with Crippen LogP contribution < -0.4 is 14.8 Å². The number of hydrogen-bond donors (Lipinski definition) is 1. The van der Waals surface area contributed by atoms with Crippen molar-refractivity contribution in [3.05, 3.63) is 53.6 Å². The number of para-hydroxylation sites is 1. The van der Waals surface area contributed by atoms with Crippen LogP contribution in [-0.2, 0) is 13.0 Å². The lowest BCUT2D eigenvalue weighted by molar-refractivity contribution is 0.352. The van der Waals surface area contributed by atoms with E-state index in [-0.39, 0.29) is 0 Å². The quantitative estimate of drug-likeness (QED) is 0.824. The maximum atomic E-state index is 5.44. The highest BCUT2D eigenvalue weighted by molar-refractivity contribution is 5.50. The average molecular weight is 285 g/mol. The molecule has 112 valence electrons. The first-order chi connectivity index (χ1) is 10.3. The minimum Gasteiger partial charge on any atom is -0.493 e. The van der Waals surface area contributed by atoms with Gasteiger partial charge in [0.1, 0.15) is 0 Å². The van der Waals surface area contributed by atoms with Gasteiger partial charge in [0, 0.05) is 17.8 Å². The van der Waals surface area contributed by atoms with Gasteiger partial charge in [0.05, 0.1) is 14.2 Å². The third-order valence-electron chi connectivity index (χ3n) is 3.46. The van der Waals surface area contributed by atoms with Crippen molar-refractivity contribution in [1.82, 2.24) is 0 Å². The Morgan fingerprint density at radius 1 is 0.952 bits per heavy atom. The number of rotatable bonds is 7. The Morgan fingerprint density at radius 3 is 2.33 bits per heavy atom. The van der Waals surface area contributed by atoms with Gasteiger partial charge in [0.25, 0.3) is 0 Å². The Labute approximate surface area is 126 Å². The average Bonchev–Trinajstić information content (AvgIpc) is 2.54. The van der Waals surface area contributed by atoms with E-state index < -0.39 is 0 Å². The van der Waals surface area contributed by atoms with Gasteiger partial charge in [-0.2, -0.15) is 0 Å². The van der Waals surface area contributed by atoms with E-state index in [4.69, 9.17) is 9.47 Å². The summed E-state index contributed by atoms with van der Waals surface area (Å²) in [6.07, 6.45) is 2.30. The molecule has 3 nitrogen and oxygen atoms in total. The van der Waals surface area contributed by atoms with Crippen molar-refractivity contribution in [3.63, 3.8) is 0 Å². The maximum Gasteiger partial charge on any atom is 0.165 e. The van der Waals surface area contributed by atoms with Gasteiger partial charge < -0.3 is 14.8 Å². The van der Waals surface area contributed by atoms with Crippen LogP contribution in [-0.4, -0.2) is 14.2 Å². The summed E-state index contributed by atoms with van der Waals surface area (Å²) in [5.74, 6) is 1.55. The van der Waals surface area contributed by atoms with E-state index in [0.29, 0.717) is 6.54 Å². The topological polar surface area (TPSA) is 30.5 Å². The van der Waals surface area contributed by atoms with Crippen LogP contribution in [0.15, 0.2) is 42.5 Å². The molecule has 2 rings (SSSR count). The molecule has 3 heteroatoms. The van der Waals surface area contributed by atoms with Crippen LogP contribution in [0.3, 0.4) is 0 Å². The highest BCUT2D eigenvalue weighted by Gasteiger charge is 2.08. The fourth-order valence-electron chi connectivity index (χ4n) is 2.37. The number of benzene rings is 2. The third-order valence-corrected chi connectivity index (χ3v) is 3.46. The van der Waals surface area contributed by atoms with Gasteiger partial charge in [-0.05, 0) is 30.2 Å². The van der Waals surface area contributed by atoms with E-state index in [1.54, 1.807) is 14.2 Å². The van der Waals surface area contributed by atoms with Crippen molar-refractivity contribution in [2.45, 2.75) is 26.3 Å². The molecular weight excluding hydrogens is 262 g/mol. The monoisotopic (exact) mass is 285 g/mol. The van der Waals surface area contributed by atoms with Crippen LogP contribution in [0.1, 0.15) is 24.5 Å². The largest absolute Gasteiger partial charge is 0.493 e. The van der Waals surface area contributed by atoms with Gasteiger partial charge in [-0.25, -0.2) is 0 Å². The molecular formula is C18H23NO2. The summed E-state index contributed by atoms with van der Waals surface area (Å²) in [5, 5.41) is 3.42. The van der Waals surface area contributed by atoms with E-state index in [1.807, 2.05) is 18.2 Å². The zero-order valence-electron chi connectivity index (χ0n) is 13.0. The molecule has 0 aliphatic rings. The predicted molar refractivity (Wildman–Crippen MR) is 87.3 cm³/mol. The summed E-state index contributed by atoms with van der Waals surface area (Å²) >= 11 is 0. The van der Waals surface area contributed by atoms with E-state index in [1.165, 1.54) is 12.0 Å². The molecule has 0 spiro atoms. The van der Waals surface area contributed by atoms with Crippen molar-refractivity contribution in [2.24, 2.45) is 0 Å². The summed E-state index contributed by atoms with van der Waals surface area (Å²) in [6.45, 7) is 2.90. The van der Waals surface area contributed by atoms with E-state index in [2.05, 4.69) is 36.5 Å². The summed E-state index contributed by atoms with van der Waals surface area (Å²) in [7, 11) is 3.32. The first-order valence-electron chi connectivity index (χ1n) is 7.31. The van der Waals surface area contributed by atoms with E-state index >= 15 is 0 Å². The molecule has 0 amide bonds. The fourth-order valence-corrected chi connectivity index (χ4v) is 2.37. The Kier molecular flexibility index (Phi) is 5.50. The lowest BCUT2D eigenvalue weighted by Gasteiger charge is -2.14. The first kappa shape index (κ1) is 15.2. The van der Waals surface area contributed by atoms with Crippen molar-refractivity contribution < 1.29 is 9.47 Å². The minimum atomic E-state index is 0.702. The highest BCUT2D eigenvalue weighted by atomic mass is 16.5. The van der Waals surface area contributed by atoms with E-state index in [0.717, 1.165) is 29.2 Å². The Balaban J connectivity index is 2.05. The Hall–Kier alpha value is -2.16. The smallest absolute Gasteiger partial charge is 0.165 e. The normalized spacial score (nSPS) is 10.2. The number of anilines is 1. The van der Waals surface area contributed by atoms with Gasteiger partial charge in [-0.1, -0.05) is 37.6 Å². The second kappa shape index (κ2) is 7.58. The van der Waals surface area contributed by atoms with Crippen molar-refractivity contribution >= 4 is 5.69 Å². The van der Waals surface area contributed by atoms with Gasteiger partial charge >= 0.3 is 0 Å². The van der Waals surface area contributed by atoms with Crippen LogP contribution in [0.25, 0.3) is 0 Å².